The monoisotopic (exact) mass is 318 g/mol. The fraction of sp³-hybridized carbons (Fsp3) is 0.222. The number of carbonyl (C=O) groups is 1. The molecule has 1 nitrogen and oxygen atoms in total. The molecule has 0 aliphatic rings. The normalized spacial score (nSPS) is 11.6. The fourth-order valence-electron chi connectivity index (χ4n) is 1.15. The Morgan fingerprint density at radius 2 is 1.94 bits per heavy atom. The van der Waals surface area contributed by atoms with Gasteiger partial charge in [-0.3, -0.25) is 4.79 Å². The van der Waals surface area contributed by atoms with Crippen LogP contribution in [0.1, 0.15) is 15.9 Å². The summed E-state index contributed by atoms with van der Waals surface area (Å²) in [4.78, 5) is 11.2. The molecule has 16 heavy (non-hydrogen) atoms. The summed E-state index contributed by atoms with van der Waals surface area (Å²) in [5, 5.41) is -1.16. The van der Waals surface area contributed by atoms with Crippen LogP contribution in [-0.4, -0.2) is 11.1 Å². The van der Waals surface area contributed by atoms with Crippen molar-refractivity contribution in [1.29, 1.82) is 0 Å². The molecule has 0 unspecified atom stereocenters. The van der Waals surface area contributed by atoms with Crippen LogP contribution in [0.4, 0.5) is 17.6 Å². The number of alkyl halides is 4. The van der Waals surface area contributed by atoms with Crippen molar-refractivity contribution < 1.29 is 22.4 Å². The highest BCUT2D eigenvalue weighted by Crippen LogP contribution is 2.38. The van der Waals surface area contributed by atoms with Crippen LogP contribution < -0.4 is 0 Å². The first-order valence-electron chi connectivity index (χ1n) is 3.92. The van der Waals surface area contributed by atoms with Gasteiger partial charge in [-0.2, -0.15) is 13.2 Å². The Morgan fingerprint density at radius 3 is 2.38 bits per heavy atom. The van der Waals surface area contributed by atoms with Crippen molar-refractivity contribution in [2.45, 2.75) is 6.18 Å². The van der Waals surface area contributed by atoms with Gasteiger partial charge in [0.25, 0.3) is 0 Å². The van der Waals surface area contributed by atoms with Crippen molar-refractivity contribution in [3.63, 3.8) is 0 Å². The molecule has 7 heteroatoms. The number of Topliss-reactive ketones (excluding diaryl/α,β-unsaturated/α-hetero) is 1. The average molecular weight is 319 g/mol. The number of benzene rings is 1. The summed E-state index contributed by atoms with van der Waals surface area (Å²) in [7, 11) is 0. The minimum atomic E-state index is -4.79. The lowest BCUT2D eigenvalue weighted by Crippen LogP contribution is -2.15. The van der Waals surface area contributed by atoms with E-state index in [9.17, 15) is 22.4 Å². The molecule has 0 aliphatic carbocycles. The van der Waals surface area contributed by atoms with Crippen molar-refractivity contribution >= 4 is 33.3 Å². The third-order valence-electron chi connectivity index (χ3n) is 1.76. The second kappa shape index (κ2) is 4.71. The molecule has 0 N–H and O–H groups in total. The van der Waals surface area contributed by atoms with Crippen molar-refractivity contribution in [3.05, 3.63) is 34.1 Å². The predicted octanol–water partition coefficient (Wildman–Crippen LogP) is 4.08. The second-order valence-electron chi connectivity index (χ2n) is 2.86. The molecule has 88 valence electrons. The molecule has 0 fully saturated rings. The standard InChI is InChI=1S/C9H4BrClF4O/c10-3-7(16)5-1-4(12)2-6(11)8(5)9(13,14)15/h1-2H,3H2. The Morgan fingerprint density at radius 1 is 1.38 bits per heavy atom. The highest BCUT2D eigenvalue weighted by atomic mass is 79.9. The quantitative estimate of drug-likeness (QED) is 0.456. The minimum absolute atomic E-state index is 0.337. The van der Waals surface area contributed by atoms with E-state index in [-0.39, 0.29) is 5.33 Å². The minimum Gasteiger partial charge on any atom is -0.293 e. The van der Waals surface area contributed by atoms with Crippen molar-refractivity contribution in [2.75, 3.05) is 5.33 Å². The number of ketones is 1. The lowest BCUT2D eigenvalue weighted by molar-refractivity contribution is -0.137. The molecule has 0 aliphatic heterocycles. The topological polar surface area (TPSA) is 17.1 Å². The number of rotatable bonds is 2. The summed E-state index contributed by atoms with van der Waals surface area (Å²) in [6, 6.07) is 1.05. The lowest BCUT2D eigenvalue weighted by Gasteiger charge is -2.13. The van der Waals surface area contributed by atoms with Crippen LogP contribution in [0.5, 0.6) is 0 Å². The Bertz CT molecular complexity index is 430. The third kappa shape index (κ3) is 2.74. The Kier molecular flexibility index (Phi) is 3.96. The van der Waals surface area contributed by atoms with Crippen molar-refractivity contribution in [2.24, 2.45) is 0 Å². The van der Waals surface area contributed by atoms with Crippen molar-refractivity contribution in [1.82, 2.24) is 0 Å². The van der Waals surface area contributed by atoms with Gasteiger partial charge in [0.05, 0.1) is 15.9 Å². The third-order valence-corrected chi connectivity index (χ3v) is 2.57. The van der Waals surface area contributed by atoms with E-state index in [1.54, 1.807) is 0 Å². The SMILES string of the molecule is O=C(CBr)c1cc(F)cc(Cl)c1C(F)(F)F. The van der Waals surface area contributed by atoms with Gasteiger partial charge in [0.2, 0.25) is 0 Å². The maximum atomic E-state index is 12.9. The van der Waals surface area contributed by atoms with Crippen molar-refractivity contribution in [3.8, 4) is 0 Å². The van der Waals surface area contributed by atoms with E-state index < -0.39 is 33.9 Å². The fourth-order valence-corrected chi connectivity index (χ4v) is 1.77. The van der Waals surface area contributed by atoms with Gasteiger partial charge in [-0.05, 0) is 12.1 Å². The van der Waals surface area contributed by atoms with E-state index in [1.165, 1.54) is 0 Å². The largest absolute Gasteiger partial charge is 0.418 e. The first-order chi connectivity index (χ1) is 7.27. The zero-order valence-electron chi connectivity index (χ0n) is 7.54. The second-order valence-corrected chi connectivity index (χ2v) is 3.83. The highest BCUT2D eigenvalue weighted by molar-refractivity contribution is 9.09. The summed E-state index contributed by atoms with van der Waals surface area (Å²) in [5.74, 6) is -1.86. The molecule has 1 rings (SSSR count). The van der Waals surface area contributed by atoms with E-state index in [0.717, 1.165) is 0 Å². The maximum Gasteiger partial charge on any atom is 0.418 e. The Balaban J connectivity index is 3.51. The summed E-state index contributed by atoms with van der Waals surface area (Å²) >= 11 is 8.01. The highest BCUT2D eigenvalue weighted by Gasteiger charge is 2.37. The van der Waals surface area contributed by atoms with Crippen LogP contribution >= 0.6 is 27.5 Å². The molecule has 0 heterocycles. The molecule has 0 spiro atoms. The molecule has 0 bridgehead atoms. The summed E-state index contributed by atoms with van der Waals surface area (Å²) in [6.07, 6.45) is -4.79. The van der Waals surface area contributed by atoms with Gasteiger partial charge in [-0.1, -0.05) is 27.5 Å². The Hall–Kier alpha value is -0.620. The van der Waals surface area contributed by atoms with Gasteiger partial charge >= 0.3 is 6.18 Å². The number of halogens is 6. The first kappa shape index (κ1) is 13.4. The van der Waals surface area contributed by atoms with E-state index in [0.29, 0.717) is 12.1 Å². The summed E-state index contributed by atoms with van der Waals surface area (Å²) in [6.45, 7) is 0. The van der Waals surface area contributed by atoms with Crippen LogP contribution in [0.15, 0.2) is 12.1 Å². The van der Waals surface area contributed by atoms with Crippen LogP contribution in [-0.2, 0) is 6.18 Å². The molecular weight excluding hydrogens is 315 g/mol. The van der Waals surface area contributed by atoms with Gasteiger partial charge in [0.15, 0.2) is 5.78 Å². The molecule has 0 saturated heterocycles. The molecule has 0 amide bonds. The van der Waals surface area contributed by atoms with Crippen LogP contribution in [0.2, 0.25) is 5.02 Å². The van der Waals surface area contributed by atoms with Crippen LogP contribution in [0, 0.1) is 5.82 Å². The molecule has 0 aromatic heterocycles. The number of carbonyl (C=O) groups excluding carboxylic acids is 1. The molecule has 0 saturated carbocycles. The predicted molar refractivity (Wildman–Crippen MR) is 54.5 cm³/mol. The average Bonchev–Trinajstić information content (AvgIpc) is 2.12. The van der Waals surface area contributed by atoms with E-state index in [4.69, 9.17) is 11.6 Å². The van der Waals surface area contributed by atoms with Gasteiger partial charge in [-0.15, -0.1) is 0 Å². The Labute approximate surface area is 102 Å². The zero-order chi connectivity index (χ0) is 12.5. The molecule has 1 aromatic carbocycles. The van der Waals surface area contributed by atoms with Gasteiger partial charge in [0, 0.05) is 5.56 Å². The van der Waals surface area contributed by atoms with E-state index in [2.05, 4.69) is 15.9 Å². The van der Waals surface area contributed by atoms with Crippen LogP contribution in [0.3, 0.4) is 0 Å². The smallest absolute Gasteiger partial charge is 0.293 e. The van der Waals surface area contributed by atoms with E-state index in [1.807, 2.05) is 0 Å². The van der Waals surface area contributed by atoms with Gasteiger partial charge < -0.3 is 0 Å². The lowest BCUT2D eigenvalue weighted by atomic mass is 10.0. The van der Waals surface area contributed by atoms with Gasteiger partial charge in [-0.25, -0.2) is 4.39 Å². The van der Waals surface area contributed by atoms with E-state index >= 15 is 0 Å². The number of hydrogen-bond acceptors (Lipinski definition) is 1. The molecular formula is C9H4BrClF4O. The molecule has 1 aromatic rings. The summed E-state index contributed by atoms with van der Waals surface area (Å²) < 4.78 is 50.6. The summed E-state index contributed by atoms with van der Waals surface area (Å²) in [5.41, 5.74) is -2.07. The zero-order valence-corrected chi connectivity index (χ0v) is 9.88. The number of hydrogen-bond donors (Lipinski definition) is 0. The first-order valence-corrected chi connectivity index (χ1v) is 5.42. The molecule has 0 atom stereocenters. The maximum absolute atomic E-state index is 12.9. The van der Waals surface area contributed by atoms with Crippen LogP contribution in [0.25, 0.3) is 0 Å². The van der Waals surface area contributed by atoms with Gasteiger partial charge in [0.1, 0.15) is 5.82 Å². The molecule has 0 radical (unpaired) electrons.